The molecule has 0 atom stereocenters. The first-order valence-electron chi connectivity index (χ1n) is 22.5. The van der Waals surface area contributed by atoms with Gasteiger partial charge in [-0.2, -0.15) is 0 Å². The molecule has 0 bridgehead atoms. The molecule has 0 heterocycles. The Morgan fingerprint density at radius 1 is 0.323 bits per heavy atom. The van der Waals surface area contributed by atoms with Crippen molar-refractivity contribution < 1.29 is 0 Å². The molecule has 0 aromatic heterocycles. The summed E-state index contributed by atoms with van der Waals surface area (Å²) in [6.07, 6.45) is 0. The molecule has 1 aliphatic rings. The second kappa shape index (κ2) is 16.5. The monoisotopic (exact) mass is 835 g/mol. The predicted octanol–water partition coefficient (Wildman–Crippen LogP) is 17.5. The molecule has 312 valence electrons. The van der Waals surface area contributed by atoms with Gasteiger partial charge in [0.1, 0.15) is 0 Å². The number of fused-ring (bicyclic) bond motifs is 4. The number of nitrogens with zero attached hydrogens (tertiary/aromatic N) is 3. The molecule has 0 saturated carbocycles. The SMILES string of the molecule is Cc1cccc2c1-c1ccc(N(c3cc(N(c4ccccc4)c4ccccc4)cc(N(c4ccccc4)c4ccccc4)c3)c3ccc4ccccc4c3-c3ccccc3)cc1C2(C)C. The maximum Gasteiger partial charge on any atom is 0.0546 e. The van der Waals surface area contributed by atoms with Gasteiger partial charge < -0.3 is 14.7 Å². The second-order valence-corrected chi connectivity index (χ2v) is 17.5. The molecular weight excluding hydrogens is 787 g/mol. The van der Waals surface area contributed by atoms with E-state index < -0.39 is 0 Å². The van der Waals surface area contributed by atoms with Crippen molar-refractivity contribution in [3.8, 4) is 22.3 Å². The molecule has 0 fully saturated rings. The fourth-order valence-corrected chi connectivity index (χ4v) is 10.0. The van der Waals surface area contributed by atoms with Crippen LogP contribution in [0.4, 0.5) is 51.2 Å². The van der Waals surface area contributed by atoms with Gasteiger partial charge in [0.15, 0.2) is 0 Å². The summed E-state index contributed by atoms with van der Waals surface area (Å²) in [5, 5.41) is 2.40. The summed E-state index contributed by atoms with van der Waals surface area (Å²) in [5.74, 6) is 0. The fourth-order valence-electron chi connectivity index (χ4n) is 10.0. The Morgan fingerprint density at radius 2 is 0.800 bits per heavy atom. The Bertz CT molecular complexity index is 3110. The summed E-state index contributed by atoms with van der Waals surface area (Å²) in [5.41, 5.74) is 18.4. The molecule has 11 rings (SSSR count). The van der Waals surface area contributed by atoms with Gasteiger partial charge in [0.2, 0.25) is 0 Å². The molecule has 0 radical (unpaired) electrons. The molecule has 10 aromatic carbocycles. The third-order valence-corrected chi connectivity index (χ3v) is 13.1. The Kier molecular flexibility index (Phi) is 10.1. The van der Waals surface area contributed by atoms with Crippen molar-refractivity contribution >= 4 is 62.0 Å². The number of aryl methyl sites for hydroxylation is 1. The van der Waals surface area contributed by atoms with E-state index in [1.54, 1.807) is 0 Å². The van der Waals surface area contributed by atoms with Gasteiger partial charge in [-0.25, -0.2) is 0 Å². The van der Waals surface area contributed by atoms with Crippen molar-refractivity contribution in [2.24, 2.45) is 0 Å². The highest BCUT2D eigenvalue weighted by Gasteiger charge is 2.37. The fraction of sp³-hybridized carbons (Fsp3) is 0.0645. The van der Waals surface area contributed by atoms with Crippen LogP contribution in [0.15, 0.2) is 243 Å². The molecule has 0 N–H and O–H groups in total. The Hall–Kier alpha value is -8.14. The van der Waals surface area contributed by atoms with E-state index in [2.05, 4.69) is 278 Å². The highest BCUT2D eigenvalue weighted by atomic mass is 15.2. The number of benzene rings is 10. The number of para-hydroxylation sites is 4. The van der Waals surface area contributed by atoms with E-state index in [0.717, 1.165) is 56.7 Å². The van der Waals surface area contributed by atoms with Gasteiger partial charge in [0, 0.05) is 39.4 Å². The molecule has 10 aromatic rings. The molecule has 0 unspecified atom stereocenters. The highest BCUT2D eigenvalue weighted by Crippen LogP contribution is 2.54. The van der Waals surface area contributed by atoms with Crippen molar-refractivity contribution in [3.63, 3.8) is 0 Å². The minimum atomic E-state index is -0.203. The van der Waals surface area contributed by atoms with E-state index in [1.165, 1.54) is 44.2 Å². The second-order valence-electron chi connectivity index (χ2n) is 17.5. The van der Waals surface area contributed by atoms with Crippen LogP contribution in [0, 0.1) is 6.92 Å². The lowest BCUT2D eigenvalue weighted by atomic mass is 9.82. The first-order valence-corrected chi connectivity index (χ1v) is 22.5. The smallest absolute Gasteiger partial charge is 0.0546 e. The van der Waals surface area contributed by atoms with Crippen LogP contribution in [-0.2, 0) is 5.41 Å². The van der Waals surface area contributed by atoms with Crippen LogP contribution in [0.25, 0.3) is 33.0 Å². The van der Waals surface area contributed by atoms with Crippen LogP contribution in [-0.4, -0.2) is 0 Å². The van der Waals surface area contributed by atoms with E-state index in [1.807, 2.05) is 0 Å². The van der Waals surface area contributed by atoms with E-state index in [-0.39, 0.29) is 5.41 Å². The van der Waals surface area contributed by atoms with Crippen LogP contribution in [0.2, 0.25) is 0 Å². The minimum Gasteiger partial charge on any atom is -0.310 e. The zero-order chi connectivity index (χ0) is 43.9. The Labute approximate surface area is 382 Å². The molecule has 0 aliphatic heterocycles. The Balaban J connectivity index is 1.25. The van der Waals surface area contributed by atoms with Gasteiger partial charge in [-0.1, -0.05) is 172 Å². The molecule has 1 aliphatic carbocycles. The van der Waals surface area contributed by atoms with Crippen molar-refractivity contribution in [1.82, 2.24) is 0 Å². The average molecular weight is 836 g/mol. The Morgan fingerprint density at radius 3 is 1.34 bits per heavy atom. The van der Waals surface area contributed by atoms with Crippen LogP contribution < -0.4 is 14.7 Å². The van der Waals surface area contributed by atoms with Gasteiger partial charge in [-0.15, -0.1) is 0 Å². The van der Waals surface area contributed by atoms with E-state index in [4.69, 9.17) is 0 Å². The van der Waals surface area contributed by atoms with Gasteiger partial charge in [-0.05, 0) is 136 Å². The van der Waals surface area contributed by atoms with E-state index >= 15 is 0 Å². The number of rotatable bonds is 10. The third kappa shape index (κ3) is 7.12. The van der Waals surface area contributed by atoms with Crippen molar-refractivity contribution in [2.75, 3.05) is 14.7 Å². The summed E-state index contributed by atoms with van der Waals surface area (Å²) in [6, 6.07) is 88.2. The number of hydrogen-bond donors (Lipinski definition) is 0. The third-order valence-electron chi connectivity index (χ3n) is 13.1. The summed E-state index contributed by atoms with van der Waals surface area (Å²) >= 11 is 0. The highest BCUT2D eigenvalue weighted by molar-refractivity contribution is 6.06. The summed E-state index contributed by atoms with van der Waals surface area (Å²) < 4.78 is 0. The van der Waals surface area contributed by atoms with E-state index in [9.17, 15) is 0 Å². The lowest BCUT2D eigenvalue weighted by Crippen LogP contribution is -2.18. The summed E-state index contributed by atoms with van der Waals surface area (Å²) in [4.78, 5) is 7.27. The molecular formula is C62H49N3. The van der Waals surface area contributed by atoms with Crippen molar-refractivity contribution in [1.29, 1.82) is 0 Å². The minimum absolute atomic E-state index is 0.203. The lowest BCUT2D eigenvalue weighted by molar-refractivity contribution is 0.660. The van der Waals surface area contributed by atoms with Gasteiger partial charge >= 0.3 is 0 Å². The zero-order valence-corrected chi connectivity index (χ0v) is 36.9. The zero-order valence-electron chi connectivity index (χ0n) is 36.9. The van der Waals surface area contributed by atoms with Crippen LogP contribution in [0.3, 0.4) is 0 Å². The first kappa shape index (κ1) is 39.7. The maximum absolute atomic E-state index is 2.51. The largest absolute Gasteiger partial charge is 0.310 e. The maximum atomic E-state index is 2.51. The van der Waals surface area contributed by atoms with Crippen LogP contribution in [0.1, 0.15) is 30.5 Å². The molecule has 3 nitrogen and oxygen atoms in total. The predicted molar refractivity (Wildman–Crippen MR) is 276 cm³/mol. The quantitative estimate of drug-likeness (QED) is 0.136. The molecule has 0 saturated heterocycles. The van der Waals surface area contributed by atoms with Crippen molar-refractivity contribution in [2.45, 2.75) is 26.2 Å². The lowest BCUT2D eigenvalue weighted by Gasteiger charge is -2.34. The topological polar surface area (TPSA) is 9.72 Å². The molecule has 0 spiro atoms. The number of anilines is 9. The van der Waals surface area contributed by atoms with Gasteiger partial charge in [-0.3, -0.25) is 0 Å². The molecule has 65 heavy (non-hydrogen) atoms. The molecule has 3 heteroatoms. The van der Waals surface area contributed by atoms with Crippen LogP contribution in [0.5, 0.6) is 0 Å². The van der Waals surface area contributed by atoms with Crippen molar-refractivity contribution in [3.05, 3.63) is 259 Å². The number of hydrogen-bond acceptors (Lipinski definition) is 3. The molecule has 0 amide bonds. The standard InChI is InChI=1S/C62H49N3/c1-44-22-21-35-57-60(44)56-38-37-51(43-58(56)62(57,2)3)65(59-39-36-45-23-19-20-34-55(45)61(59)46-24-9-4-10-25-46)54-41-52(63(47-26-11-5-12-27-47)48-28-13-6-14-29-48)40-53(42-54)64(49-30-15-7-16-31-49)50-32-17-8-18-33-50/h4-43H,1-3H3. The first-order chi connectivity index (χ1) is 31.9. The normalized spacial score (nSPS) is 12.4. The van der Waals surface area contributed by atoms with Gasteiger partial charge in [0.25, 0.3) is 0 Å². The summed E-state index contributed by atoms with van der Waals surface area (Å²) in [6.45, 7) is 7.00. The van der Waals surface area contributed by atoms with Crippen LogP contribution >= 0.6 is 0 Å². The summed E-state index contributed by atoms with van der Waals surface area (Å²) in [7, 11) is 0. The van der Waals surface area contributed by atoms with Gasteiger partial charge in [0.05, 0.1) is 22.7 Å². The average Bonchev–Trinajstić information content (AvgIpc) is 3.59. The van der Waals surface area contributed by atoms with E-state index in [0.29, 0.717) is 0 Å².